The average Bonchev–Trinajstić information content (AvgIpc) is 2.64. The van der Waals surface area contributed by atoms with E-state index in [-0.39, 0.29) is 17.2 Å². The van der Waals surface area contributed by atoms with E-state index in [1.165, 1.54) is 30.3 Å². The molecule has 0 radical (unpaired) electrons. The minimum Gasteiger partial charge on any atom is -0.338 e. The highest BCUT2D eigenvalue weighted by Crippen LogP contribution is 2.35. The highest BCUT2D eigenvalue weighted by atomic mass is 19.4. The number of alkyl halides is 3. The summed E-state index contributed by atoms with van der Waals surface area (Å²) in [7, 11) is 0. The molecule has 2 aromatic carbocycles. The Labute approximate surface area is 153 Å². The molecule has 0 aliphatic heterocycles. The molecular weight excluding hydrogens is 357 g/mol. The predicted molar refractivity (Wildman–Crippen MR) is 95.9 cm³/mol. The van der Waals surface area contributed by atoms with Crippen molar-refractivity contribution in [2.24, 2.45) is 0 Å². The van der Waals surface area contributed by atoms with E-state index in [4.69, 9.17) is 0 Å². The van der Waals surface area contributed by atoms with Crippen molar-refractivity contribution < 1.29 is 18.0 Å². The van der Waals surface area contributed by atoms with Crippen LogP contribution < -0.4 is 10.6 Å². The van der Waals surface area contributed by atoms with Gasteiger partial charge in [0.25, 0.3) is 5.91 Å². The molecule has 0 saturated carbocycles. The average molecular weight is 372 g/mol. The fourth-order valence-electron chi connectivity index (χ4n) is 2.40. The SMILES string of the molecule is Cc1ccccc1NC(=O)c1ccc(Nc2ccccc2C(F)(F)F)nn1. The van der Waals surface area contributed by atoms with Crippen LogP contribution in [0.3, 0.4) is 0 Å². The number of carbonyl (C=O) groups excluding carboxylic acids is 1. The lowest BCUT2D eigenvalue weighted by Crippen LogP contribution is -2.15. The molecule has 27 heavy (non-hydrogen) atoms. The van der Waals surface area contributed by atoms with Gasteiger partial charge in [0, 0.05) is 5.69 Å². The third-order valence-corrected chi connectivity index (χ3v) is 3.79. The van der Waals surface area contributed by atoms with E-state index in [0.29, 0.717) is 5.69 Å². The number of para-hydroxylation sites is 2. The maximum atomic E-state index is 13.0. The van der Waals surface area contributed by atoms with E-state index < -0.39 is 17.6 Å². The first-order valence-corrected chi connectivity index (χ1v) is 7.98. The third-order valence-electron chi connectivity index (χ3n) is 3.79. The number of hydrogen-bond acceptors (Lipinski definition) is 4. The van der Waals surface area contributed by atoms with Gasteiger partial charge < -0.3 is 10.6 Å². The number of carbonyl (C=O) groups is 1. The van der Waals surface area contributed by atoms with Crippen LogP contribution >= 0.6 is 0 Å². The van der Waals surface area contributed by atoms with Crippen molar-refractivity contribution in [3.05, 3.63) is 77.5 Å². The molecule has 0 aliphatic carbocycles. The fourth-order valence-corrected chi connectivity index (χ4v) is 2.40. The lowest BCUT2D eigenvalue weighted by molar-refractivity contribution is -0.136. The van der Waals surface area contributed by atoms with E-state index in [0.717, 1.165) is 11.6 Å². The van der Waals surface area contributed by atoms with Crippen molar-refractivity contribution in [3.8, 4) is 0 Å². The smallest absolute Gasteiger partial charge is 0.338 e. The Morgan fingerprint density at radius 3 is 2.19 bits per heavy atom. The molecule has 2 N–H and O–H groups in total. The van der Waals surface area contributed by atoms with Crippen LogP contribution in [0.5, 0.6) is 0 Å². The first-order valence-electron chi connectivity index (χ1n) is 7.98. The van der Waals surface area contributed by atoms with Gasteiger partial charge in [-0.3, -0.25) is 4.79 Å². The molecule has 0 atom stereocenters. The fraction of sp³-hybridized carbons (Fsp3) is 0.105. The van der Waals surface area contributed by atoms with Gasteiger partial charge in [-0.05, 0) is 42.8 Å². The van der Waals surface area contributed by atoms with E-state index in [2.05, 4.69) is 20.8 Å². The molecule has 138 valence electrons. The second-order valence-electron chi connectivity index (χ2n) is 5.74. The van der Waals surface area contributed by atoms with Crippen LogP contribution in [0.2, 0.25) is 0 Å². The molecule has 0 unspecified atom stereocenters. The molecular formula is C19H15F3N4O. The predicted octanol–water partition coefficient (Wildman–Crippen LogP) is 4.80. The normalized spacial score (nSPS) is 11.1. The molecule has 0 fully saturated rings. The second kappa shape index (κ2) is 7.45. The zero-order valence-electron chi connectivity index (χ0n) is 14.2. The summed E-state index contributed by atoms with van der Waals surface area (Å²) >= 11 is 0. The van der Waals surface area contributed by atoms with Gasteiger partial charge in [-0.25, -0.2) is 0 Å². The number of aryl methyl sites for hydroxylation is 1. The Kier molecular flexibility index (Phi) is 5.07. The van der Waals surface area contributed by atoms with Crippen molar-refractivity contribution in [3.63, 3.8) is 0 Å². The molecule has 0 aliphatic rings. The Morgan fingerprint density at radius 1 is 0.889 bits per heavy atom. The van der Waals surface area contributed by atoms with Gasteiger partial charge in [0.2, 0.25) is 0 Å². The molecule has 0 saturated heterocycles. The highest BCUT2D eigenvalue weighted by Gasteiger charge is 2.33. The highest BCUT2D eigenvalue weighted by molar-refractivity contribution is 6.03. The summed E-state index contributed by atoms with van der Waals surface area (Å²) in [6, 6.07) is 15.1. The summed E-state index contributed by atoms with van der Waals surface area (Å²) in [5.41, 5.74) is 0.629. The van der Waals surface area contributed by atoms with Crippen molar-refractivity contribution in [1.82, 2.24) is 10.2 Å². The number of benzene rings is 2. The van der Waals surface area contributed by atoms with Crippen LogP contribution in [0.1, 0.15) is 21.6 Å². The van der Waals surface area contributed by atoms with Crippen LogP contribution in [0.25, 0.3) is 0 Å². The summed E-state index contributed by atoms with van der Waals surface area (Å²) in [5, 5.41) is 12.9. The van der Waals surface area contributed by atoms with Gasteiger partial charge in [0.15, 0.2) is 11.5 Å². The van der Waals surface area contributed by atoms with Gasteiger partial charge in [0.05, 0.1) is 11.3 Å². The van der Waals surface area contributed by atoms with Gasteiger partial charge in [0.1, 0.15) is 0 Å². The first-order chi connectivity index (χ1) is 12.8. The maximum absolute atomic E-state index is 13.0. The van der Waals surface area contributed by atoms with Crippen molar-refractivity contribution >= 4 is 23.1 Å². The van der Waals surface area contributed by atoms with E-state index in [1.54, 1.807) is 12.1 Å². The number of nitrogens with zero attached hydrogens (tertiary/aromatic N) is 2. The van der Waals surface area contributed by atoms with Gasteiger partial charge in [-0.15, -0.1) is 10.2 Å². The summed E-state index contributed by atoms with van der Waals surface area (Å²) in [6.07, 6.45) is -4.50. The number of hydrogen-bond donors (Lipinski definition) is 2. The minimum absolute atomic E-state index is 0.0490. The molecule has 1 aromatic heterocycles. The Morgan fingerprint density at radius 2 is 1.56 bits per heavy atom. The number of anilines is 3. The summed E-state index contributed by atoms with van der Waals surface area (Å²) in [5.74, 6) is -0.363. The second-order valence-corrected chi connectivity index (χ2v) is 5.74. The van der Waals surface area contributed by atoms with Crippen molar-refractivity contribution in [2.45, 2.75) is 13.1 Å². The topological polar surface area (TPSA) is 66.9 Å². The summed E-state index contributed by atoms with van der Waals surface area (Å²) in [4.78, 5) is 12.2. The molecule has 0 bridgehead atoms. The zero-order valence-corrected chi connectivity index (χ0v) is 14.2. The Hall–Kier alpha value is -3.42. The summed E-state index contributed by atoms with van der Waals surface area (Å²) in [6.45, 7) is 1.85. The number of rotatable bonds is 4. The molecule has 0 spiro atoms. The van der Waals surface area contributed by atoms with Crippen LogP contribution in [0.15, 0.2) is 60.7 Å². The molecule has 5 nitrogen and oxygen atoms in total. The minimum atomic E-state index is -4.50. The number of nitrogens with one attached hydrogen (secondary N) is 2. The lowest BCUT2D eigenvalue weighted by atomic mass is 10.1. The molecule has 1 heterocycles. The lowest BCUT2D eigenvalue weighted by Gasteiger charge is -2.13. The third kappa shape index (κ3) is 4.41. The monoisotopic (exact) mass is 372 g/mol. The van der Waals surface area contributed by atoms with Crippen LogP contribution in [0, 0.1) is 6.92 Å². The van der Waals surface area contributed by atoms with Crippen molar-refractivity contribution in [2.75, 3.05) is 10.6 Å². The number of amides is 1. The molecule has 1 amide bonds. The Balaban J connectivity index is 1.75. The van der Waals surface area contributed by atoms with E-state index in [1.807, 2.05) is 19.1 Å². The van der Waals surface area contributed by atoms with Gasteiger partial charge in [-0.2, -0.15) is 13.2 Å². The van der Waals surface area contributed by atoms with Gasteiger partial charge >= 0.3 is 6.18 Å². The van der Waals surface area contributed by atoms with Crippen molar-refractivity contribution in [1.29, 1.82) is 0 Å². The number of halogens is 3. The first kappa shape index (κ1) is 18.4. The van der Waals surface area contributed by atoms with Crippen LogP contribution in [0.4, 0.5) is 30.4 Å². The zero-order chi connectivity index (χ0) is 19.4. The Bertz CT molecular complexity index is 956. The van der Waals surface area contributed by atoms with E-state index >= 15 is 0 Å². The van der Waals surface area contributed by atoms with Crippen LogP contribution in [-0.2, 0) is 6.18 Å². The molecule has 3 aromatic rings. The maximum Gasteiger partial charge on any atom is 0.418 e. The molecule has 3 rings (SSSR count). The quantitative estimate of drug-likeness (QED) is 0.690. The van der Waals surface area contributed by atoms with Crippen LogP contribution in [-0.4, -0.2) is 16.1 Å². The summed E-state index contributed by atoms with van der Waals surface area (Å²) < 4.78 is 39.1. The van der Waals surface area contributed by atoms with E-state index in [9.17, 15) is 18.0 Å². The number of aromatic nitrogens is 2. The van der Waals surface area contributed by atoms with Gasteiger partial charge in [-0.1, -0.05) is 30.3 Å². The molecule has 8 heteroatoms. The standard InChI is InChI=1S/C19H15F3N4O/c1-12-6-2-4-8-14(12)24-18(27)16-10-11-17(26-25-16)23-15-9-5-3-7-13(15)19(20,21)22/h2-11H,1H3,(H,23,26)(H,24,27). The largest absolute Gasteiger partial charge is 0.418 e.